The number of benzene rings is 1. The lowest BCUT2D eigenvalue weighted by Gasteiger charge is -2.27. The molecule has 1 heterocycles. The Morgan fingerprint density at radius 1 is 1.18 bits per heavy atom. The van der Waals surface area contributed by atoms with Crippen molar-refractivity contribution in [1.29, 1.82) is 0 Å². The molecular formula is C21H24N2O5. The van der Waals surface area contributed by atoms with Gasteiger partial charge in [-0.2, -0.15) is 0 Å². The van der Waals surface area contributed by atoms with Crippen molar-refractivity contribution < 1.29 is 24.6 Å². The summed E-state index contributed by atoms with van der Waals surface area (Å²) in [5.74, 6) is -3.52. The van der Waals surface area contributed by atoms with Crippen molar-refractivity contribution in [2.24, 2.45) is 5.92 Å². The van der Waals surface area contributed by atoms with Gasteiger partial charge in [0.2, 0.25) is 11.5 Å². The number of rotatable bonds is 5. The summed E-state index contributed by atoms with van der Waals surface area (Å²) in [7, 11) is 0. The van der Waals surface area contributed by atoms with Gasteiger partial charge in [-0.05, 0) is 23.5 Å². The Kier molecular flexibility index (Phi) is 5.38. The molecule has 3 rings (SSSR count). The van der Waals surface area contributed by atoms with Crippen LogP contribution in [0, 0.1) is 5.92 Å². The minimum Gasteiger partial charge on any atom is -0.479 e. The molecule has 1 aliphatic heterocycles. The van der Waals surface area contributed by atoms with Crippen molar-refractivity contribution in [3.05, 3.63) is 59.7 Å². The number of nitrogens with one attached hydrogen (secondary N) is 2. The Balaban J connectivity index is 1.98. The normalized spacial score (nSPS) is 25.1. The third-order valence-corrected chi connectivity index (χ3v) is 5.08. The van der Waals surface area contributed by atoms with Crippen LogP contribution in [0.1, 0.15) is 43.4 Å². The molecular weight excluding hydrogens is 360 g/mol. The van der Waals surface area contributed by atoms with Crippen LogP contribution in [0.25, 0.3) is 0 Å². The van der Waals surface area contributed by atoms with Crippen molar-refractivity contribution in [3.8, 4) is 0 Å². The molecule has 0 bridgehead atoms. The van der Waals surface area contributed by atoms with Crippen molar-refractivity contribution in [1.82, 2.24) is 10.6 Å². The Labute approximate surface area is 163 Å². The van der Waals surface area contributed by atoms with Gasteiger partial charge in [0.1, 0.15) is 6.04 Å². The number of hydrogen-bond acceptors (Lipinski definition) is 4. The number of allylic oxidation sites excluding steroid dienone is 2. The smallest absolute Gasteiger partial charge is 0.345 e. The molecule has 1 aliphatic carbocycles. The number of aliphatic hydroxyl groups is 1. The summed E-state index contributed by atoms with van der Waals surface area (Å²) in [6.07, 6.45) is 7.32. The van der Waals surface area contributed by atoms with Crippen LogP contribution in [0.3, 0.4) is 0 Å². The van der Waals surface area contributed by atoms with E-state index in [0.29, 0.717) is 5.56 Å². The monoisotopic (exact) mass is 384 g/mol. The van der Waals surface area contributed by atoms with Gasteiger partial charge in [0.15, 0.2) is 0 Å². The van der Waals surface area contributed by atoms with Crippen LogP contribution in [-0.2, 0) is 14.4 Å². The molecule has 1 aromatic carbocycles. The standard InChI is InChI=1S/C21H24N2O5/c1-12(2)11-21(28,20(26)27)19(25)23-17-15-9-4-3-7-13(15)14-8-5-6-10-16(14)22-18(17)24/h3-10,12,14,16-17,28H,11H2,1-2H3,(H,22,24)(H,23,25)(H,26,27)/t14?,16?,17-,21?/m0/s1. The summed E-state index contributed by atoms with van der Waals surface area (Å²) in [6.45, 7) is 3.41. The van der Waals surface area contributed by atoms with Gasteiger partial charge in [-0.25, -0.2) is 4.79 Å². The summed E-state index contributed by atoms with van der Waals surface area (Å²) < 4.78 is 0. The van der Waals surface area contributed by atoms with Crippen LogP contribution >= 0.6 is 0 Å². The number of carbonyl (C=O) groups excluding carboxylic acids is 2. The molecule has 0 saturated heterocycles. The van der Waals surface area contributed by atoms with Crippen LogP contribution in [-0.4, -0.2) is 39.6 Å². The lowest BCUT2D eigenvalue weighted by atomic mass is 9.85. The zero-order valence-corrected chi connectivity index (χ0v) is 15.8. The quantitative estimate of drug-likeness (QED) is 0.573. The fourth-order valence-electron chi connectivity index (χ4n) is 3.77. The van der Waals surface area contributed by atoms with E-state index in [-0.39, 0.29) is 24.3 Å². The third kappa shape index (κ3) is 3.57. The molecule has 7 heteroatoms. The summed E-state index contributed by atoms with van der Waals surface area (Å²) in [5.41, 5.74) is -1.17. The molecule has 3 unspecified atom stereocenters. The van der Waals surface area contributed by atoms with Gasteiger partial charge < -0.3 is 20.8 Å². The molecule has 0 saturated carbocycles. The highest BCUT2D eigenvalue weighted by atomic mass is 16.4. The average Bonchev–Trinajstić information content (AvgIpc) is 2.76. The predicted octanol–water partition coefficient (Wildman–Crippen LogP) is 1.41. The van der Waals surface area contributed by atoms with Gasteiger partial charge in [0.05, 0.1) is 6.04 Å². The lowest BCUT2D eigenvalue weighted by Crippen LogP contribution is -2.56. The molecule has 28 heavy (non-hydrogen) atoms. The molecule has 4 N–H and O–H groups in total. The van der Waals surface area contributed by atoms with Crippen LogP contribution in [0.2, 0.25) is 0 Å². The molecule has 0 spiro atoms. The van der Waals surface area contributed by atoms with E-state index in [4.69, 9.17) is 0 Å². The number of carboxylic acids is 1. The maximum Gasteiger partial charge on any atom is 0.345 e. The average molecular weight is 384 g/mol. The number of hydrogen-bond donors (Lipinski definition) is 4. The minimum atomic E-state index is -2.61. The van der Waals surface area contributed by atoms with E-state index < -0.39 is 29.4 Å². The summed E-state index contributed by atoms with van der Waals surface area (Å²) in [5, 5.41) is 25.3. The summed E-state index contributed by atoms with van der Waals surface area (Å²) >= 11 is 0. The molecule has 1 aromatic rings. The highest BCUT2D eigenvalue weighted by Crippen LogP contribution is 2.34. The van der Waals surface area contributed by atoms with Crippen molar-refractivity contribution in [2.75, 3.05) is 0 Å². The number of fused-ring (bicyclic) bond motifs is 3. The van der Waals surface area contributed by atoms with Crippen molar-refractivity contribution >= 4 is 17.8 Å². The fourth-order valence-corrected chi connectivity index (χ4v) is 3.77. The Morgan fingerprint density at radius 2 is 1.82 bits per heavy atom. The second kappa shape index (κ2) is 7.59. The molecule has 0 fully saturated rings. The van der Waals surface area contributed by atoms with E-state index in [1.165, 1.54) is 0 Å². The van der Waals surface area contributed by atoms with E-state index in [2.05, 4.69) is 10.6 Å². The van der Waals surface area contributed by atoms with Gasteiger partial charge in [-0.3, -0.25) is 9.59 Å². The van der Waals surface area contributed by atoms with Crippen LogP contribution in [0.4, 0.5) is 0 Å². The molecule has 0 aromatic heterocycles. The third-order valence-electron chi connectivity index (χ3n) is 5.08. The van der Waals surface area contributed by atoms with Crippen LogP contribution < -0.4 is 10.6 Å². The van der Waals surface area contributed by atoms with Gasteiger partial charge in [-0.15, -0.1) is 0 Å². The van der Waals surface area contributed by atoms with E-state index in [1.54, 1.807) is 26.0 Å². The first-order valence-electron chi connectivity index (χ1n) is 9.25. The fraction of sp³-hybridized carbons (Fsp3) is 0.381. The van der Waals surface area contributed by atoms with E-state index in [1.807, 2.05) is 36.4 Å². The van der Waals surface area contributed by atoms with E-state index in [9.17, 15) is 24.6 Å². The largest absolute Gasteiger partial charge is 0.479 e. The first-order chi connectivity index (χ1) is 13.2. The highest BCUT2D eigenvalue weighted by molar-refractivity contribution is 6.06. The van der Waals surface area contributed by atoms with Crippen LogP contribution in [0.15, 0.2) is 48.6 Å². The Bertz CT molecular complexity index is 860. The van der Waals surface area contributed by atoms with Gasteiger partial charge in [0, 0.05) is 5.92 Å². The molecule has 4 atom stereocenters. The molecule has 0 radical (unpaired) electrons. The second-order valence-electron chi connectivity index (χ2n) is 7.63. The van der Waals surface area contributed by atoms with Crippen molar-refractivity contribution in [2.45, 2.75) is 43.9 Å². The SMILES string of the molecule is CC(C)CC(O)(C(=O)O)C(=O)N[C@@H]1C(=O)NC2C=CC=CC2c2ccccc21. The maximum absolute atomic E-state index is 12.9. The molecule has 2 amide bonds. The second-order valence-corrected chi connectivity index (χ2v) is 7.63. The predicted molar refractivity (Wildman–Crippen MR) is 102 cm³/mol. The summed E-state index contributed by atoms with van der Waals surface area (Å²) in [4.78, 5) is 37.2. The number of carboxylic acid groups (broad SMARTS) is 1. The molecule has 2 aliphatic rings. The topological polar surface area (TPSA) is 116 Å². The zero-order valence-electron chi connectivity index (χ0n) is 15.8. The number of carbonyl (C=O) groups is 3. The first-order valence-corrected chi connectivity index (χ1v) is 9.25. The Morgan fingerprint density at radius 3 is 2.46 bits per heavy atom. The number of aliphatic carboxylic acids is 1. The van der Waals surface area contributed by atoms with E-state index >= 15 is 0 Å². The molecule has 7 nitrogen and oxygen atoms in total. The minimum absolute atomic E-state index is 0.0962. The van der Waals surface area contributed by atoms with Gasteiger partial charge >= 0.3 is 5.97 Å². The first kappa shape index (κ1) is 19.8. The van der Waals surface area contributed by atoms with Crippen LogP contribution in [0.5, 0.6) is 0 Å². The molecule has 148 valence electrons. The summed E-state index contributed by atoms with van der Waals surface area (Å²) in [6, 6.07) is 5.85. The van der Waals surface area contributed by atoms with E-state index in [0.717, 1.165) is 5.56 Å². The van der Waals surface area contributed by atoms with Crippen molar-refractivity contribution in [3.63, 3.8) is 0 Å². The highest BCUT2D eigenvalue weighted by Gasteiger charge is 2.47. The van der Waals surface area contributed by atoms with Gasteiger partial charge in [-0.1, -0.05) is 62.4 Å². The lowest BCUT2D eigenvalue weighted by molar-refractivity contribution is -0.168. The number of amides is 2. The van der Waals surface area contributed by atoms with Gasteiger partial charge in [0.25, 0.3) is 5.91 Å². The zero-order chi connectivity index (χ0) is 20.5. The Hall–Kier alpha value is -2.93. The maximum atomic E-state index is 12.9.